The average molecular weight is 191 g/mol. The second kappa shape index (κ2) is 4.56. The lowest BCUT2D eigenvalue weighted by Crippen LogP contribution is -1.97. The first-order chi connectivity index (χ1) is 6.65. The van der Waals surface area contributed by atoms with Gasteiger partial charge < -0.3 is 0 Å². The summed E-state index contributed by atoms with van der Waals surface area (Å²) < 4.78 is 0. The van der Waals surface area contributed by atoms with Gasteiger partial charge in [-0.25, -0.2) is 0 Å². The van der Waals surface area contributed by atoms with Crippen molar-refractivity contribution in [3.63, 3.8) is 0 Å². The largest absolute Gasteiger partial charge is 0.259 e. The molecule has 0 radical (unpaired) electrons. The van der Waals surface area contributed by atoms with Crippen LogP contribution in [0, 0.1) is 17.0 Å². The van der Waals surface area contributed by atoms with E-state index >= 15 is 0 Å². The van der Waals surface area contributed by atoms with Gasteiger partial charge in [0.05, 0.1) is 4.92 Å². The smallest absolute Gasteiger partial charge is 0.246 e. The summed E-state index contributed by atoms with van der Waals surface area (Å²) in [5.41, 5.74) is 2.22. The molecule has 0 heterocycles. The summed E-state index contributed by atoms with van der Waals surface area (Å²) in [4.78, 5) is 10.3. The molecule has 1 aromatic rings. The zero-order chi connectivity index (χ0) is 10.6. The van der Waals surface area contributed by atoms with Crippen LogP contribution in [-0.4, -0.2) is 4.92 Å². The third-order valence-electron chi connectivity index (χ3n) is 2.11. The maximum Gasteiger partial charge on any atom is 0.246 e. The van der Waals surface area contributed by atoms with Gasteiger partial charge in [-0.2, -0.15) is 0 Å². The summed E-state index contributed by atoms with van der Waals surface area (Å²) in [5.74, 6) is 0. The first kappa shape index (κ1) is 10.4. The average Bonchev–Trinajstić information content (AvgIpc) is 2.16. The van der Waals surface area contributed by atoms with E-state index < -0.39 is 0 Å². The summed E-state index contributed by atoms with van der Waals surface area (Å²) in [6.45, 7) is 3.73. The van der Waals surface area contributed by atoms with Crippen LogP contribution in [0.25, 0.3) is 6.08 Å². The highest BCUT2D eigenvalue weighted by molar-refractivity contribution is 5.54. The predicted octanol–water partition coefficient (Wildman–Crippen LogP) is 3.02. The zero-order valence-corrected chi connectivity index (χ0v) is 8.36. The third kappa shape index (κ3) is 2.42. The first-order valence-corrected chi connectivity index (χ1v) is 4.55. The normalized spacial score (nSPS) is 11.4. The molecule has 0 aliphatic heterocycles. The molecule has 0 aliphatic carbocycles. The second-order valence-corrected chi connectivity index (χ2v) is 3.10. The Balaban J connectivity index is 3.07. The summed E-state index contributed by atoms with van der Waals surface area (Å²) in [7, 11) is 0. The van der Waals surface area contributed by atoms with Crippen LogP contribution < -0.4 is 0 Å². The fourth-order valence-corrected chi connectivity index (χ4v) is 1.21. The van der Waals surface area contributed by atoms with Gasteiger partial charge >= 0.3 is 0 Å². The van der Waals surface area contributed by atoms with E-state index in [-0.39, 0.29) is 10.6 Å². The van der Waals surface area contributed by atoms with E-state index in [2.05, 4.69) is 0 Å². The van der Waals surface area contributed by atoms with E-state index in [1.807, 2.05) is 31.2 Å². The molecule has 0 unspecified atom stereocenters. The van der Waals surface area contributed by atoms with Crippen LogP contribution in [0.3, 0.4) is 0 Å². The zero-order valence-electron chi connectivity index (χ0n) is 8.36. The summed E-state index contributed by atoms with van der Waals surface area (Å²) in [6.07, 6.45) is 2.08. The quantitative estimate of drug-likeness (QED) is 0.544. The van der Waals surface area contributed by atoms with Gasteiger partial charge in [-0.05, 0) is 18.1 Å². The standard InChI is InChI=1S/C11H13NO2/c1-3-11(12(13)14)8-10-7-5-4-6-9(10)2/h4-8H,3H2,1-2H3/b11-8-. The van der Waals surface area contributed by atoms with Gasteiger partial charge in [0.25, 0.3) is 0 Å². The van der Waals surface area contributed by atoms with E-state index in [0.717, 1.165) is 11.1 Å². The highest BCUT2D eigenvalue weighted by Crippen LogP contribution is 2.13. The lowest BCUT2D eigenvalue weighted by atomic mass is 10.1. The number of nitro groups is 1. The van der Waals surface area contributed by atoms with Crippen molar-refractivity contribution >= 4 is 6.08 Å². The summed E-state index contributed by atoms with van der Waals surface area (Å²) in [5, 5.41) is 10.6. The maximum absolute atomic E-state index is 10.6. The highest BCUT2D eigenvalue weighted by atomic mass is 16.6. The van der Waals surface area contributed by atoms with Crippen molar-refractivity contribution in [2.45, 2.75) is 20.3 Å². The summed E-state index contributed by atoms with van der Waals surface area (Å²) in [6, 6.07) is 7.63. The van der Waals surface area contributed by atoms with Crippen LogP contribution >= 0.6 is 0 Å². The maximum atomic E-state index is 10.6. The Kier molecular flexibility index (Phi) is 3.40. The fourth-order valence-electron chi connectivity index (χ4n) is 1.21. The van der Waals surface area contributed by atoms with Crippen molar-refractivity contribution in [3.8, 4) is 0 Å². The third-order valence-corrected chi connectivity index (χ3v) is 2.11. The molecular weight excluding hydrogens is 178 g/mol. The van der Waals surface area contributed by atoms with Crippen molar-refractivity contribution < 1.29 is 4.92 Å². The van der Waals surface area contributed by atoms with E-state index in [9.17, 15) is 10.1 Å². The van der Waals surface area contributed by atoms with E-state index in [1.165, 1.54) is 0 Å². The fraction of sp³-hybridized carbons (Fsp3) is 0.273. The lowest BCUT2D eigenvalue weighted by Gasteiger charge is -1.99. The molecule has 0 amide bonds. The molecular formula is C11H13NO2. The number of allylic oxidation sites excluding steroid dienone is 1. The Morgan fingerprint density at radius 2 is 2.14 bits per heavy atom. The Morgan fingerprint density at radius 1 is 1.50 bits per heavy atom. The van der Waals surface area contributed by atoms with Crippen LogP contribution in [-0.2, 0) is 0 Å². The van der Waals surface area contributed by atoms with Gasteiger partial charge in [0.2, 0.25) is 5.70 Å². The molecule has 1 aromatic carbocycles. The Bertz CT molecular complexity index is 369. The number of hydrogen-bond acceptors (Lipinski definition) is 2. The molecule has 0 saturated carbocycles. The van der Waals surface area contributed by atoms with E-state index in [1.54, 1.807) is 13.0 Å². The summed E-state index contributed by atoms with van der Waals surface area (Å²) >= 11 is 0. The lowest BCUT2D eigenvalue weighted by molar-refractivity contribution is -0.425. The van der Waals surface area contributed by atoms with Crippen LogP contribution in [0.2, 0.25) is 0 Å². The molecule has 0 N–H and O–H groups in total. The molecule has 74 valence electrons. The molecule has 0 aliphatic rings. The van der Waals surface area contributed by atoms with Crippen LogP contribution in [0.1, 0.15) is 24.5 Å². The van der Waals surface area contributed by atoms with Crippen LogP contribution in [0.4, 0.5) is 0 Å². The number of benzene rings is 1. The molecule has 0 spiro atoms. The molecule has 3 nitrogen and oxygen atoms in total. The van der Waals surface area contributed by atoms with Crippen molar-refractivity contribution in [2.24, 2.45) is 0 Å². The number of nitrogens with zero attached hydrogens (tertiary/aromatic N) is 1. The minimum atomic E-state index is -0.327. The van der Waals surface area contributed by atoms with Gasteiger partial charge in [-0.3, -0.25) is 10.1 Å². The number of aryl methyl sites for hydroxylation is 1. The van der Waals surface area contributed by atoms with Crippen LogP contribution in [0.15, 0.2) is 30.0 Å². The topological polar surface area (TPSA) is 43.1 Å². The van der Waals surface area contributed by atoms with Crippen molar-refractivity contribution in [3.05, 3.63) is 51.2 Å². The van der Waals surface area contributed by atoms with Gasteiger partial charge in [-0.1, -0.05) is 31.2 Å². The molecule has 0 saturated heterocycles. The SMILES string of the molecule is CC/C(=C/c1ccccc1C)[N+](=O)[O-]. The predicted molar refractivity (Wildman–Crippen MR) is 56.4 cm³/mol. The van der Waals surface area contributed by atoms with Crippen LogP contribution in [0.5, 0.6) is 0 Å². The van der Waals surface area contributed by atoms with Gasteiger partial charge in [0.15, 0.2) is 0 Å². The van der Waals surface area contributed by atoms with Crippen molar-refractivity contribution in [1.29, 1.82) is 0 Å². The number of rotatable bonds is 3. The van der Waals surface area contributed by atoms with Gasteiger partial charge in [0.1, 0.15) is 0 Å². The minimum absolute atomic E-state index is 0.249. The second-order valence-electron chi connectivity index (χ2n) is 3.10. The molecule has 3 heteroatoms. The first-order valence-electron chi connectivity index (χ1n) is 4.55. The molecule has 1 rings (SSSR count). The van der Waals surface area contributed by atoms with Gasteiger partial charge in [-0.15, -0.1) is 0 Å². The molecule has 0 atom stereocenters. The highest BCUT2D eigenvalue weighted by Gasteiger charge is 2.07. The Hall–Kier alpha value is -1.64. The van der Waals surface area contributed by atoms with Crippen molar-refractivity contribution in [2.75, 3.05) is 0 Å². The van der Waals surface area contributed by atoms with E-state index in [4.69, 9.17) is 0 Å². The molecule has 0 fully saturated rings. The molecule has 0 aromatic heterocycles. The van der Waals surface area contributed by atoms with Gasteiger partial charge in [0, 0.05) is 12.5 Å². The Morgan fingerprint density at radius 3 is 2.64 bits per heavy atom. The van der Waals surface area contributed by atoms with Crippen molar-refractivity contribution in [1.82, 2.24) is 0 Å². The minimum Gasteiger partial charge on any atom is -0.259 e. The molecule has 0 bridgehead atoms. The molecule has 14 heavy (non-hydrogen) atoms. The number of hydrogen-bond donors (Lipinski definition) is 0. The van der Waals surface area contributed by atoms with E-state index in [0.29, 0.717) is 6.42 Å². The monoisotopic (exact) mass is 191 g/mol. The Labute approximate surface area is 83.2 Å².